The van der Waals surface area contributed by atoms with Crippen molar-refractivity contribution >= 4 is 21.6 Å². The van der Waals surface area contributed by atoms with Crippen molar-refractivity contribution in [2.75, 3.05) is 11.9 Å². The van der Waals surface area contributed by atoms with Crippen LogP contribution >= 0.6 is 0 Å². The molecule has 0 heterocycles. The van der Waals surface area contributed by atoms with Gasteiger partial charge in [-0.1, -0.05) is 36.4 Å². The zero-order chi connectivity index (χ0) is 21.6. The first-order valence-corrected chi connectivity index (χ1v) is 10.6. The van der Waals surface area contributed by atoms with Crippen LogP contribution in [-0.4, -0.2) is 20.9 Å². The molecule has 0 saturated heterocycles. The molecule has 1 amide bonds. The van der Waals surface area contributed by atoms with Gasteiger partial charge in [-0.15, -0.1) is 0 Å². The van der Waals surface area contributed by atoms with Crippen molar-refractivity contribution in [1.29, 1.82) is 0 Å². The first-order valence-electron chi connectivity index (χ1n) is 9.16. The molecule has 0 aliphatic heterocycles. The number of carbonyl (C=O) groups is 1. The maximum absolute atomic E-state index is 13.2. The second-order valence-electron chi connectivity index (χ2n) is 6.58. The second kappa shape index (κ2) is 9.51. The smallest absolute Gasteiger partial charge is 0.262 e. The monoisotopic (exact) mass is 428 g/mol. The maximum Gasteiger partial charge on any atom is 0.262 e. The Bertz CT molecular complexity index is 1130. The van der Waals surface area contributed by atoms with Crippen molar-refractivity contribution in [2.24, 2.45) is 0 Å². The highest BCUT2D eigenvalue weighted by molar-refractivity contribution is 7.89. The van der Waals surface area contributed by atoms with Crippen LogP contribution in [0.3, 0.4) is 0 Å². The van der Waals surface area contributed by atoms with Crippen LogP contribution in [0, 0.1) is 12.7 Å². The summed E-state index contributed by atoms with van der Waals surface area (Å²) in [6.45, 7) is 1.58. The summed E-state index contributed by atoms with van der Waals surface area (Å²) >= 11 is 0. The average molecular weight is 428 g/mol. The van der Waals surface area contributed by atoms with Gasteiger partial charge in [-0.05, 0) is 54.4 Å². The van der Waals surface area contributed by atoms with Gasteiger partial charge in [-0.2, -0.15) is 0 Å². The minimum Gasteiger partial charge on any atom is -0.483 e. The number of ether oxygens (including phenoxy) is 1. The molecule has 0 atom stereocenters. The molecular formula is C22H21FN2O4S. The molecule has 0 saturated carbocycles. The molecule has 156 valence electrons. The van der Waals surface area contributed by atoms with Crippen LogP contribution in [0.4, 0.5) is 10.1 Å². The normalized spacial score (nSPS) is 11.1. The molecule has 0 radical (unpaired) electrons. The van der Waals surface area contributed by atoms with Gasteiger partial charge < -0.3 is 10.1 Å². The van der Waals surface area contributed by atoms with Crippen molar-refractivity contribution in [2.45, 2.75) is 18.4 Å². The van der Waals surface area contributed by atoms with E-state index in [0.29, 0.717) is 17.0 Å². The fraction of sp³-hybridized carbons (Fsp3) is 0.136. The molecule has 3 rings (SSSR count). The Morgan fingerprint density at radius 1 is 1.00 bits per heavy atom. The third-order valence-corrected chi connectivity index (χ3v) is 5.63. The summed E-state index contributed by atoms with van der Waals surface area (Å²) in [6.07, 6.45) is 0. The lowest BCUT2D eigenvalue weighted by Crippen LogP contribution is -2.23. The predicted molar refractivity (Wildman–Crippen MR) is 112 cm³/mol. The van der Waals surface area contributed by atoms with Crippen LogP contribution in [0.5, 0.6) is 5.75 Å². The number of benzene rings is 3. The Hall–Kier alpha value is -3.23. The first-order chi connectivity index (χ1) is 14.3. The highest BCUT2D eigenvalue weighted by Crippen LogP contribution is 2.22. The van der Waals surface area contributed by atoms with Crippen molar-refractivity contribution in [1.82, 2.24) is 4.72 Å². The third kappa shape index (κ3) is 5.88. The molecule has 2 N–H and O–H groups in total. The number of amides is 1. The van der Waals surface area contributed by atoms with Crippen molar-refractivity contribution in [3.63, 3.8) is 0 Å². The Kier molecular flexibility index (Phi) is 6.81. The van der Waals surface area contributed by atoms with Gasteiger partial charge in [0.05, 0.1) is 4.90 Å². The Labute approximate surface area is 174 Å². The van der Waals surface area contributed by atoms with Crippen LogP contribution in [0.25, 0.3) is 0 Å². The van der Waals surface area contributed by atoms with Gasteiger partial charge in [-0.3, -0.25) is 4.79 Å². The molecule has 0 aliphatic carbocycles. The summed E-state index contributed by atoms with van der Waals surface area (Å²) in [6, 6.07) is 19.1. The minimum absolute atomic E-state index is 0.104. The van der Waals surface area contributed by atoms with E-state index in [9.17, 15) is 17.6 Å². The lowest BCUT2D eigenvalue weighted by Gasteiger charge is -2.12. The lowest BCUT2D eigenvalue weighted by atomic mass is 10.2. The topological polar surface area (TPSA) is 84.5 Å². The number of hydrogen-bond acceptors (Lipinski definition) is 4. The molecule has 3 aromatic rings. The predicted octanol–water partition coefficient (Wildman–Crippen LogP) is 3.63. The van der Waals surface area contributed by atoms with E-state index < -0.39 is 21.7 Å². The van der Waals surface area contributed by atoms with Crippen LogP contribution in [0.15, 0.2) is 77.7 Å². The van der Waals surface area contributed by atoms with E-state index in [2.05, 4.69) is 10.0 Å². The SMILES string of the molecule is Cc1cc(S(=O)(=O)NCc2ccccc2)ccc1OCC(=O)Nc1cccc(F)c1. The first kappa shape index (κ1) is 21.5. The van der Waals surface area contributed by atoms with Gasteiger partial charge in [-0.25, -0.2) is 17.5 Å². The molecule has 0 unspecified atom stereocenters. The maximum atomic E-state index is 13.2. The quantitative estimate of drug-likeness (QED) is 0.574. The summed E-state index contributed by atoms with van der Waals surface area (Å²) in [4.78, 5) is 12.1. The standard InChI is InChI=1S/C22H21FN2O4S/c1-16-12-20(30(27,28)24-14-17-6-3-2-4-7-17)10-11-21(16)29-15-22(26)25-19-9-5-8-18(23)13-19/h2-13,24H,14-15H2,1H3,(H,25,26). The van der Waals surface area contributed by atoms with Crippen LogP contribution in [0.2, 0.25) is 0 Å². The molecular weight excluding hydrogens is 407 g/mol. The van der Waals surface area contributed by atoms with Crippen LogP contribution in [0.1, 0.15) is 11.1 Å². The van der Waals surface area contributed by atoms with E-state index >= 15 is 0 Å². The van der Waals surface area contributed by atoms with Gasteiger partial charge in [0.2, 0.25) is 10.0 Å². The summed E-state index contributed by atoms with van der Waals surface area (Å²) in [5.41, 5.74) is 1.74. The molecule has 0 aliphatic rings. The number of aryl methyl sites for hydroxylation is 1. The van der Waals surface area contributed by atoms with E-state index in [-0.39, 0.29) is 18.0 Å². The highest BCUT2D eigenvalue weighted by Gasteiger charge is 2.16. The molecule has 8 heteroatoms. The van der Waals surface area contributed by atoms with E-state index in [1.165, 1.54) is 36.4 Å². The highest BCUT2D eigenvalue weighted by atomic mass is 32.2. The summed E-state index contributed by atoms with van der Waals surface area (Å²) < 4.78 is 46.2. The largest absolute Gasteiger partial charge is 0.483 e. The number of anilines is 1. The fourth-order valence-corrected chi connectivity index (χ4v) is 3.82. The van der Waals surface area contributed by atoms with Crippen LogP contribution in [-0.2, 0) is 21.4 Å². The fourth-order valence-electron chi connectivity index (χ4n) is 2.72. The van der Waals surface area contributed by atoms with Crippen LogP contribution < -0.4 is 14.8 Å². The van der Waals surface area contributed by atoms with Crippen molar-refractivity contribution in [3.8, 4) is 5.75 Å². The molecule has 0 spiro atoms. The Balaban J connectivity index is 1.59. The number of carbonyl (C=O) groups excluding carboxylic acids is 1. The zero-order valence-corrected chi connectivity index (χ0v) is 17.1. The molecule has 0 aromatic heterocycles. The molecule has 6 nitrogen and oxygen atoms in total. The number of halogens is 1. The molecule has 30 heavy (non-hydrogen) atoms. The summed E-state index contributed by atoms with van der Waals surface area (Å²) in [7, 11) is -3.69. The van der Waals surface area contributed by atoms with E-state index in [0.717, 1.165) is 5.56 Å². The number of sulfonamides is 1. The van der Waals surface area contributed by atoms with E-state index in [1.54, 1.807) is 13.0 Å². The number of hydrogen-bond donors (Lipinski definition) is 2. The average Bonchev–Trinajstić information content (AvgIpc) is 2.72. The van der Waals surface area contributed by atoms with Gasteiger partial charge in [0, 0.05) is 12.2 Å². The van der Waals surface area contributed by atoms with E-state index in [4.69, 9.17) is 4.74 Å². The minimum atomic E-state index is -3.69. The number of rotatable bonds is 8. The van der Waals surface area contributed by atoms with Gasteiger partial charge in [0.1, 0.15) is 11.6 Å². The van der Waals surface area contributed by atoms with Gasteiger partial charge >= 0.3 is 0 Å². The summed E-state index contributed by atoms with van der Waals surface area (Å²) in [5, 5.41) is 2.53. The third-order valence-electron chi connectivity index (χ3n) is 4.23. The molecule has 0 bridgehead atoms. The molecule has 3 aromatic carbocycles. The zero-order valence-electron chi connectivity index (χ0n) is 16.3. The lowest BCUT2D eigenvalue weighted by molar-refractivity contribution is -0.118. The summed E-state index contributed by atoms with van der Waals surface area (Å²) in [5.74, 6) is -0.533. The second-order valence-corrected chi connectivity index (χ2v) is 8.35. The van der Waals surface area contributed by atoms with Crippen molar-refractivity contribution < 1.29 is 22.3 Å². The number of nitrogens with one attached hydrogen (secondary N) is 2. The Morgan fingerprint density at radius 2 is 1.77 bits per heavy atom. The van der Waals surface area contributed by atoms with Gasteiger partial charge in [0.25, 0.3) is 5.91 Å². The Morgan fingerprint density at radius 3 is 2.47 bits per heavy atom. The van der Waals surface area contributed by atoms with Gasteiger partial charge in [0.15, 0.2) is 6.61 Å². The van der Waals surface area contributed by atoms with E-state index in [1.807, 2.05) is 30.3 Å². The van der Waals surface area contributed by atoms with Crippen molar-refractivity contribution in [3.05, 3.63) is 89.7 Å². The molecule has 0 fully saturated rings.